The number of methoxy groups -OCH3 is 1. The summed E-state index contributed by atoms with van der Waals surface area (Å²) >= 11 is 0. The number of nitrogens with zero attached hydrogens (tertiary/aromatic N) is 4. The number of H-pyrrole nitrogens is 1. The summed E-state index contributed by atoms with van der Waals surface area (Å²) in [5, 5.41) is 8.24. The fourth-order valence-electron chi connectivity index (χ4n) is 3.15. The van der Waals surface area contributed by atoms with Crippen molar-refractivity contribution < 1.29 is 9.47 Å². The van der Waals surface area contributed by atoms with Crippen LogP contribution in [0.25, 0.3) is 16.9 Å². The van der Waals surface area contributed by atoms with Crippen LogP contribution in [0.1, 0.15) is 5.56 Å². The molecule has 4 N–H and O–H groups in total. The molecule has 3 heterocycles. The Labute approximate surface area is 161 Å². The molecule has 0 atom stereocenters. The van der Waals surface area contributed by atoms with Crippen LogP contribution in [0.2, 0.25) is 0 Å². The lowest BCUT2D eigenvalue weighted by molar-refractivity contribution is 0.0443. The average molecular weight is 379 g/mol. The van der Waals surface area contributed by atoms with Crippen LogP contribution in [-0.4, -0.2) is 64.4 Å². The van der Waals surface area contributed by atoms with Crippen LogP contribution in [0, 0.1) is 17.3 Å². The monoisotopic (exact) mass is 379 g/mol. The maximum Gasteiger partial charge on any atom is 0.230 e. The van der Waals surface area contributed by atoms with Gasteiger partial charge in [-0.1, -0.05) is 11.8 Å². The van der Waals surface area contributed by atoms with Gasteiger partial charge in [0.2, 0.25) is 5.62 Å². The summed E-state index contributed by atoms with van der Waals surface area (Å²) in [6, 6.07) is 5.59. The van der Waals surface area contributed by atoms with E-state index in [-0.39, 0.29) is 11.4 Å². The number of morpholine rings is 1. The molecule has 0 spiro atoms. The molecule has 0 saturated carbocycles. The minimum atomic E-state index is -0.0263. The Balaban J connectivity index is 1.67. The number of aromatic nitrogens is 4. The van der Waals surface area contributed by atoms with E-state index in [1.54, 1.807) is 11.7 Å². The standard InChI is InChI=1S/C19H21N7O2/c1-27-15-11-13(3-2-6-25-7-9-28-10-8-25)4-5-14(15)26-18-16(22-12-23-18)17(20)24-19(26)21/h4-5,11-12H,6-10H2,1H3,(H,22,23)(H3,20,21,24). The summed E-state index contributed by atoms with van der Waals surface area (Å²) < 4.78 is 12.5. The van der Waals surface area contributed by atoms with E-state index in [1.165, 1.54) is 6.33 Å². The first kappa shape index (κ1) is 18.0. The molecule has 1 fully saturated rings. The molecule has 0 radical (unpaired) electrons. The molecule has 0 bridgehead atoms. The van der Waals surface area contributed by atoms with E-state index in [2.05, 4.69) is 31.7 Å². The predicted octanol–water partition coefficient (Wildman–Crippen LogP) is 0.503. The molecule has 3 aromatic rings. The SMILES string of the molecule is COc1cc(C#CCN2CCOCC2)ccc1-n1c(=N)nc(N)c2[nH]cnc21. The lowest BCUT2D eigenvalue weighted by Gasteiger charge is -2.24. The van der Waals surface area contributed by atoms with Crippen LogP contribution >= 0.6 is 0 Å². The maximum atomic E-state index is 8.24. The largest absolute Gasteiger partial charge is 0.495 e. The summed E-state index contributed by atoms with van der Waals surface area (Å²) in [7, 11) is 1.58. The normalized spacial score (nSPS) is 14.6. The van der Waals surface area contributed by atoms with Gasteiger partial charge in [-0.15, -0.1) is 0 Å². The molecule has 1 aromatic carbocycles. The van der Waals surface area contributed by atoms with Gasteiger partial charge >= 0.3 is 0 Å². The van der Waals surface area contributed by atoms with Gasteiger partial charge in [-0.2, -0.15) is 4.98 Å². The summed E-state index contributed by atoms with van der Waals surface area (Å²) in [6.07, 6.45) is 1.52. The Hall–Kier alpha value is -3.35. The second-order valence-corrected chi connectivity index (χ2v) is 6.33. The minimum absolute atomic E-state index is 0.0263. The van der Waals surface area contributed by atoms with Crippen molar-refractivity contribution >= 4 is 17.0 Å². The van der Waals surface area contributed by atoms with Crippen LogP contribution in [0.3, 0.4) is 0 Å². The fraction of sp³-hybridized carbons (Fsp3) is 0.316. The second-order valence-electron chi connectivity index (χ2n) is 6.33. The lowest BCUT2D eigenvalue weighted by atomic mass is 10.2. The summed E-state index contributed by atoms with van der Waals surface area (Å²) in [4.78, 5) is 13.6. The summed E-state index contributed by atoms with van der Waals surface area (Å²) in [6.45, 7) is 4.03. The van der Waals surface area contributed by atoms with Crippen molar-refractivity contribution in [3.8, 4) is 23.3 Å². The zero-order valence-corrected chi connectivity index (χ0v) is 15.5. The van der Waals surface area contributed by atoms with E-state index in [4.69, 9.17) is 20.6 Å². The summed E-state index contributed by atoms with van der Waals surface area (Å²) in [5.41, 5.74) is 8.43. The number of imidazole rings is 1. The number of nitrogens with one attached hydrogen (secondary N) is 2. The smallest absolute Gasteiger partial charge is 0.230 e. The highest BCUT2D eigenvalue weighted by atomic mass is 16.5. The molecule has 28 heavy (non-hydrogen) atoms. The molecule has 4 rings (SSSR count). The average Bonchev–Trinajstić information content (AvgIpc) is 3.19. The molecule has 0 aliphatic carbocycles. The van der Waals surface area contributed by atoms with Crippen molar-refractivity contribution in [2.45, 2.75) is 0 Å². The third kappa shape index (κ3) is 3.43. The number of aromatic amines is 1. The van der Waals surface area contributed by atoms with Crippen LogP contribution in [0.5, 0.6) is 5.75 Å². The molecule has 9 heteroatoms. The van der Waals surface area contributed by atoms with Crippen LogP contribution in [0.15, 0.2) is 24.5 Å². The zero-order chi connectivity index (χ0) is 19.5. The predicted molar refractivity (Wildman–Crippen MR) is 104 cm³/mol. The Morgan fingerprint density at radius 1 is 1.36 bits per heavy atom. The molecule has 144 valence electrons. The Morgan fingerprint density at radius 2 is 2.18 bits per heavy atom. The number of benzene rings is 1. The van der Waals surface area contributed by atoms with Gasteiger partial charge in [0.25, 0.3) is 0 Å². The van der Waals surface area contributed by atoms with Crippen LogP contribution in [-0.2, 0) is 4.74 Å². The van der Waals surface area contributed by atoms with Crippen molar-refractivity contribution in [1.29, 1.82) is 5.41 Å². The quantitative estimate of drug-likeness (QED) is 0.571. The van der Waals surface area contributed by atoms with E-state index < -0.39 is 0 Å². The number of nitrogens with two attached hydrogens (primary N) is 1. The van der Waals surface area contributed by atoms with Gasteiger partial charge in [-0.25, -0.2) is 4.98 Å². The molecule has 9 nitrogen and oxygen atoms in total. The number of hydrogen-bond acceptors (Lipinski definition) is 7. The van der Waals surface area contributed by atoms with E-state index in [0.717, 1.165) is 31.9 Å². The van der Waals surface area contributed by atoms with Gasteiger partial charge in [-0.3, -0.25) is 14.9 Å². The topological polar surface area (TPSA) is 118 Å². The number of hydrogen-bond donors (Lipinski definition) is 3. The first-order valence-corrected chi connectivity index (χ1v) is 8.91. The van der Waals surface area contributed by atoms with E-state index in [1.807, 2.05) is 18.2 Å². The Bertz CT molecular complexity index is 1120. The van der Waals surface area contributed by atoms with Crippen molar-refractivity contribution in [2.75, 3.05) is 45.7 Å². The van der Waals surface area contributed by atoms with Crippen LogP contribution in [0.4, 0.5) is 5.82 Å². The van der Waals surface area contributed by atoms with Gasteiger partial charge in [-0.05, 0) is 18.2 Å². The van der Waals surface area contributed by atoms with Gasteiger partial charge in [0.15, 0.2) is 11.5 Å². The first-order chi connectivity index (χ1) is 13.7. The van der Waals surface area contributed by atoms with Gasteiger partial charge < -0.3 is 20.2 Å². The first-order valence-electron chi connectivity index (χ1n) is 8.91. The molecule has 0 amide bonds. The molecular weight excluding hydrogens is 358 g/mol. The second kappa shape index (κ2) is 7.72. The molecule has 1 aliphatic heterocycles. The summed E-state index contributed by atoms with van der Waals surface area (Å²) in [5.74, 6) is 7.19. The number of anilines is 1. The van der Waals surface area contributed by atoms with E-state index >= 15 is 0 Å². The molecule has 1 aliphatic rings. The van der Waals surface area contributed by atoms with Gasteiger partial charge in [0.1, 0.15) is 11.3 Å². The molecule has 1 saturated heterocycles. The highest BCUT2D eigenvalue weighted by molar-refractivity contribution is 5.82. The van der Waals surface area contributed by atoms with Crippen molar-refractivity contribution in [3.63, 3.8) is 0 Å². The Kier molecular flexibility index (Phi) is 4.97. The lowest BCUT2D eigenvalue weighted by Crippen LogP contribution is -2.36. The van der Waals surface area contributed by atoms with Gasteiger partial charge in [0.05, 0.1) is 38.9 Å². The van der Waals surface area contributed by atoms with Crippen molar-refractivity contribution in [3.05, 3.63) is 35.7 Å². The van der Waals surface area contributed by atoms with E-state index in [0.29, 0.717) is 29.1 Å². The number of nitrogen functional groups attached to an aromatic ring is 1. The van der Waals surface area contributed by atoms with Crippen LogP contribution < -0.4 is 16.1 Å². The highest BCUT2D eigenvalue weighted by Gasteiger charge is 2.14. The number of ether oxygens (including phenoxy) is 2. The Morgan fingerprint density at radius 3 is 2.96 bits per heavy atom. The number of fused-ring (bicyclic) bond motifs is 1. The number of rotatable bonds is 3. The third-order valence-electron chi connectivity index (χ3n) is 4.59. The fourth-order valence-corrected chi connectivity index (χ4v) is 3.15. The van der Waals surface area contributed by atoms with Gasteiger partial charge in [0, 0.05) is 18.7 Å². The van der Waals surface area contributed by atoms with Crippen molar-refractivity contribution in [1.82, 2.24) is 24.4 Å². The highest BCUT2D eigenvalue weighted by Crippen LogP contribution is 2.25. The third-order valence-corrected chi connectivity index (χ3v) is 4.59. The minimum Gasteiger partial charge on any atom is -0.495 e. The zero-order valence-electron chi connectivity index (χ0n) is 15.5. The van der Waals surface area contributed by atoms with Crippen molar-refractivity contribution in [2.24, 2.45) is 0 Å². The maximum absolute atomic E-state index is 8.24. The molecule has 2 aromatic heterocycles. The van der Waals surface area contributed by atoms with E-state index in [9.17, 15) is 0 Å². The molecule has 0 unspecified atom stereocenters. The molecular formula is C19H21N7O2.